The summed E-state index contributed by atoms with van der Waals surface area (Å²) in [6, 6.07) is 2.13. The minimum Gasteiger partial charge on any atom is -0.399 e. The van der Waals surface area contributed by atoms with Gasteiger partial charge in [0.15, 0.2) is 5.82 Å². The first-order chi connectivity index (χ1) is 8.84. The molecule has 1 atom stereocenters. The van der Waals surface area contributed by atoms with Gasteiger partial charge in [-0.05, 0) is 35.0 Å². The van der Waals surface area contributed by atoms with Crippen molar-refractivity contribution in [3.8, 4) is 0 Å². The number of halogens is 2. The number of benzene rings is 1. The average Bonchev–Trinajstić information content (AvgIpc) is 2.34. The Kier molecular flexibility index (Phi) is 4.14. The third-order valence-electron chi connectivity index (χ3n) is 2.91. The standard InChI is InChI=1S/C11H14BrFN2O3S/c1-7-6-18-3-2-15(7)19(16,17)10-5-8(14)4-9(12)11(10)13/h4-5,7H,2-3,6,14H2,1H3. The molecule has 0 saturated carbocycles. The van der Waals surface area contributed by atoms with E-state index in [4.69, 9.17) is 10.5 Å². The SMILES string of the molecule is CC1COCCN1S(=O)(=O)c1cc(N)cc(Br)c1F. The summed E-state index contributed by atoms with van der Waals surface area (Å²) >= 11 is 2.97. The Morgan fingerprint density at radius 2 is 2.21 bits per heavy atom. The lowest BCUT2D eigenvalue weighted by Crippen LogP contribution is -2.47. The lowest BCUT2D eigenvalue weighted by atomic mass is 10.3. The van der Waals surface area contributed by atoms with Crippen LogP contribution < -0.4 is 5.73 Å². The molecule has 0 amide bonds. The number of rotatable bonds is 2. The van der Waals surface area contributed by atoms with E-state index >= 15 is 0 Å². The van der Waals surface area contributed by atoms with Crippen LogP contribution in [0.25, 0.3) is 0 Å². The van der Waals surface area contributed by atoms with Gasteiger partial charge in [-0.1, -0.05) is 0 Å². The summed E-state index contributed by atoms with van der Waals surface area (Å²) in [5.41, 5.74) is 5.77. The number of nitrogen functional groups attached to an aromatic ring is 1. The molecule has 0 bridgehead atoms. The van der Waals surface area contributed by atoms with Gasteiger partial charge in [-0.15, -0.1) is 0 Å². The van der Waals surface area contributed by atoms with Gasteiger partial charge >= 0.3 is 0 Å². The van der Waals surface area contributed by atoms with E-state index in [0.717, 1.165) is 6.07 Å². The van der Waals surface area contributed by atoms with Gasteiger partial charge in [0, 0.05) is 18.3 Å². The molecule has 0 aliphatic carbocycles. The van der Waals surface area contributed by atoms with Gasteiger partial charge in [0.05, 0.1) is 17.7 Å². The second-order valence-corrected chi connectivity index (χ2v) is 7.07. The maximum absolute atomic E-state index is 14.0. The summed E-state index contributed by atoms with van der Waals surface area (Å²) in [6.07, 6.45) is 0. The van der Waals surface area contributed by atoms with Crippen LogP contribution in [0.1, 0.15) is 6.92 Å². The van der Waals surface area contributed by atoms with Crippen LogP contribution in [0.3, 0.4) is 0 Å². The number of sulfonamides is 1. The zero-order valence-corrected chi connectivity index (χ0v) is 12.7. The number of morpholine rings is 1. The van der Waals surface area contributed by atoms with E-state index in [-0.39, 0.29) is 22.7 Å². The van der Waals surface area contributed by atoms with E-state index in [1.54, 1.807) is 6.92 Å². The van der Waals surface area contributed by atoms with Crippen LogP contribution in [-0.2, 0) is 14.8 Å². The molecule has 1 fully saturated rings. The normalized spacial score (nSPS) is 21.5. The molecular weight excluding hydrogens is 339 g/mol. The number of nitrogens with two attached hydrogens (primary N) is 1. The molecule has 0 spiro atoms. The molecule has 1 unspecified atom stereocenters. The maximum Gasteiger partial charge on any atom is 0.246 e. The Labute approximate surface area is 119 Å². The largest absolute Gasteiger partial charge is 0.399 e. The van der Waals surface area contributed by atoms with Gasteiger partial charge in [0.1, 0.15) is 4.90 Å². The van der Waals surface area contributed by atoms with Gasteiger partial charge in [0.2, 0.25) is 10.0 Å². The van der Waals surface area contributed by atoms with Gasteiger partial charge in [0.25, 0.3) is 0 Å². The Balaban J connectivity index is 2.50. The van der Waals surface area contributed by atoms with Gasteiger partial charge in [-0.2, -0.15) is 4.31 Å². The Morgan fingerprint density at radius 3 is 2.84 bits per heavy atom. The maximum atomic E-state index is 14.0. The molecule has 1 aromatic rings. The monoisotopic (exact) mass is 352 g/mol. The highest BCUT2D eigenvalue weighted by molar-refractivity contribution is 9.10. The predicted octanol–water partition coefficient (Wildman–Crippen LogP) is 1.58. The second-order valence-electron chi connectivity index (χ2n) is 4.35. The summed E-state index contributed by atoms with van der Waals surface area (Å²) in [5, 5.41) is 0. The molecule has 8 heteroatoms. The third-order valence-corrected chi connectivity index (χ3v) is 5.50. The first-order valence-electron chi connectivity index (χ1n) is 5.68. The molecule has 5 nitrogen and oxygen atoms in total. The highest BCUT2D eigenvalue weighted by Gasteiger charge is 2.34. The number of ether oxygens (including phenoxy) is 1. The summed E-state index contributed by atoms with van der Waals surface area (Å²) in [6.45, 7) is 2.52. The van der Waals surface area contributed by atoms with Gasteiger partial charge < -0.3 is 10.5 Å². The molecule has 106 valence electrons. The van der Waals surface area contributed by atoms with Crippen LogP contribution in [0.5, 0.6) is 0 Å². The molecule has 0 radical (unpaired) electrons. The summed E-state index contributed by atoms with van der Waals surface area (Å²) in [7, 11) is -3.92. The zero-order chi connectivity index (χ0) is 14.2. The molecule has 1 aromatic carbocycles. The Bertz CT molecular complexity index is 594. The third kappa shape index (κ3) is 2.76. The Hall–Kier alpha value is -0.700. The van der Waals surface area contributed by atoms with E-state index in [9.17, 15) is 12.8 Å². The molecule has 2 rings (SSSR count). The van der Waals surface area contributed by atoms with E-state index in [1.165, 1.54) is 10.4 Å². The summed E-state index contributed by atoms with van der Waals surface area (Å²) in [5.74, 6) is -0.826. The lowest BCUT2D eigenvalue weighted by Gasteiger charge is -2.32. The first-order valence-corrected chi connectivity index (χ1v) is 7.91. The molecule has 1 aliphatic heterocycles. The highest BCUT2D eigenvalue weighted by Crippen LogP contribution is 2.29. The Morgan fingerprint density at radius 1 is 1.53 bits per heavy atom. The minimum absolute atomic E-state index is 0.0342. The number of nitrogens with zero attached hydrogens (tertiary/aromatic N) is 1. The topological polar surface area (TPSA) is 72.6 Å². The van der Waals surface area contributed by atoms with Crippen LogP contribution >= 0.6 is 15.9 Å². The minimum atomic E-state index is -3.92. The fourth-order valence-corrected chi connectivity index (χ4v) is 4.30. The molecule has 19 heavy (non-hydrogen) atoms. The quantitative estimate of drug-likeness (QED) is 0.820. The van der Waals surface area contributed by atoms with Crippen LogP contribution in [0.4, 0.5) is 10.1 Å². The van der Waals surface area contributed by atoms with Crippen molar-refractivity contribution in [2.75, 3.05) is 25.5 Å². The second kappa shape index (κ2) is 5.35. The molecule has 0 aromatic heterocycles. The molecule has 2 N–H and O–H groups in total. The van der Waals surface area contributed by atoms with Crippen molar-refractivity contribution in [3.63, 3.8) is 0 Å². The zero-order valence-electron chi connectivity index (χ0n) is 10.3. The fraction of sp³-hybridized carbons (Fsp3) is 0.455. The predicted molar refractivity (Wildman–Crippen MR) is 72.7 cm³/mol. The first kappa shape index (κ1) is 14.7. The number of anilines is 1. The van der Waals surface area contributed by atoms with E-state index < -0.39 is 20.7 Å². The van der Waals surface area contributed by atoms with Crippen LogP contribution in [0, 0.1) is 5.82 Å². The summed E-state index contributed by atoms with van der Waals surface area (Å²) < 4.78 is 45.4. The molecule has 1 saturated heterocycles. The van der Waals surface area contributed by atoms with Crippen molar-refractivity contribution in [2.24, 2.45) is 0 Å². The van der Waals surface area contributed by atoms with Crippen molar-refractivity contribution in [2.45, 2.75) is 17.9 Å². The molecular formula is C11H14BrFN2O3S. The van der Waals surface area contributed by atoms with Crippen molar-refractivity contribution in [1.29, 1.82) is 0 Å². The van der Waals surface area contributed by atoms with Crippen LogP contribution in [0.15, 0.2) is 21.5 Å². The van der Waals surface area contributed by atoms with E-state index in [2.05, 4.69) is 15.9 Å². The smallest absolute Gasteiger partial charge is 0.246 e. The van der Waals surface area contributed by atoms with Crippen molar-refractivity contribution < 1.29 is 17.5 Å². The van der Waals surface area contributed by atoms with Crippen LogP contribution in [0.2, 0.25) is 0 Å². The van der Waals surface area contributed by atoms with Crippen LogP contribution in [-0.4, -0.2) is 38.5 Å². The summed E-state index contributed by atoms with van der Waals surface area (Å²) in [4.78, 5) is -0.409. The number of hydrogen-bond acceptors (Lipinski definition) is 4. The van der Waals surface area contributed by atoms with E-state index in [0.29, 0.717) is 13.2 Å². The van der Waals surface area contributed by atoms with E-state index in [1.807, 2.05) is 0 Å². The fourth-order valence-electron chi connectivity index (χ4n) is 1.97. The molecule has 1 heterocycles. The van der Waals surface area contributed by atoms with Gasteiger partial charge in [-0.25, -0.2) is 12.8 Å². The van der Waals surface area contributed by atoms with Crippen molar-refractivity contribution >= 4 is 31.6 Å². The van der Waals surface area contributed by atoms with Crippen molar-refractivity contribution in [3.05, 3.63) is 22.4 Å². The van der Waals surface area contributed by atoms with Gasteiger partial charge in [-0.3, -0.25) is 0 Å². The number of hydrogen-bond donors (Lipinski definition) is 1. The molecule has 1 aliphatic rings. The van der Waals surface area contributed by atoms with Crippen molar-refractivity contribution in [1.82, 2.24) is 4.31 Å². The average molecular weight is 353 g/mol. The lowest BCUT2D eigenvalue weighted by molar-refractivity contribution is 0.0392. The highest BCUT2D eigenvalue weighted by atomic mass is 79.9.